The molecular formula is C18H22N4O2. The molecule has 3 rings (SSSR count). The van der Waals surface area contributed by atoms with Crippen LogP contribution in [0, 0.1) is 0 Å². The Kier molecular flexibility index (Phi) is 4.93. The summed E-state index contributed by atoms with van der Waals surface area (Å²) in [6, 6.07) is 9.01. The zero-order valence-electron chi connectivity index (χ0n) is 13.8. The topological polar surface area (TPSA) is 67.2 Å². The van der Waals surface area contributed by atoms with Crippen LogP contribution in [-0.4, -0.2) is 39.1 Å². The summed E-state index contributed by atoms with van der Waals surface area (Å²) in [6.07, 6.45) is 6.46. The van der Waals surface area contributed by atoms with Gasteiger partial charge in [-0.1, -0.05) is 13.0 Å². The van der Waals surface area contributed by atoms with Crippen LogP contribution in [0.5, 0.6) is 0 Å². The Bertz CT molecular complexity index is 712. The van der Waals surface area contributed by atoms with Gasteiger partial charge in [0.2, 0.25) is 11.8 Å². The molecule has 1 unspecified atom stereocenters. The van der Waals surface area contributed by atoms with Crippen molar-refractivity contribution in [2.24, 2.45) is 0 Å². The van der Waals surface area contributed by atoms with Gasteiger partial charge in [0.25, 0.3) is 0 Å². The van der Waals surface area contributed by atoms with Gasteiger partial charge in [-0.15, -0.1) is 0 Å². The van der Waals surface area contributed by atoms with Crippen LogP contribution < -0.4 is 5.32 Å². The standard InChI is InChI=1S/C18H22N4O2/c1-2-6-17(23)21-11-4-9-16(21)18(24)20-14-7-3-8-15(13-14)22-12-5-10-19-22/h3,5,7-8,10,12-13,16H,2,4,6,9,11H2,1H3,(H,20,24). The predicted molar refractivity (Wildman–Crippen MR) is 91.8 cm³/mol. The highest BCUT2D eigenvalue weighted by atomic mass is 16.2. The van der Waals surface area contributed by atoms with Crippen LogP contribution in [0.1, 0.15) is 32.6 Å². The number of nitrogens with zero attached hydrogens (tertiary/aromatic N) is 3. The first-order chi connectivity index (χ1) is 11.7. The molecule has 0 radical (unpaired) electrons. The van der Waals surface area contributed by atoms with Crippen molar-refractivity contribution in [2.45, 2.75) is 38.6 Å². The third kappa shape index (κ3) is 3.48. The summed E-state index contributed by atoms with van der Waals surface area (Å²) >= 11 is 0. The second kappa shape index (κ2) is 7.29. The average molecular weight is 326 g/mol. The SMILES string of the molecule is CCCC(=O)N1CCCC1C(=O)Nc1cccc(-n2cccn2)c1. The van der Waals surface area contributed by atoms with E-state index in [4.69, 9.17) is 0 Å². The van der Waals surface area contributed by atoms with Gasteiger partial charge in [0.05, 0.1) is 5.69 Å². The number of rotatable bonds is 5. The van der Waals surface area contributed by atoms with Crippen LogP contribution in [0.15, 0.2) is 42.7 Å². The Morgan fingerprint density at radius 1 is 1.33 bits per heavy atom. The number of aromatic nitrogens is 2. The van der Waals surface area contributed by atoms with Crippen molar-refractivity contribution in [1.82, 2.24) is 14.7 Å². The number of carbonyl (C=O) groups is 2. The van der Waals surface area contributed by atoms with Gasteiger partial charge in [0, 0.05) is 31.0 Å². The summed E-state index contributed by atoms with van der Waals surface area (Å²) < 4.78 is 1.74. The van der Waals surface area contributed by atoms with Gasteiger partial charge >= 0.3 is 0 Å². The zero-order chi connectivity index (χ0) is 16.9. The Morgan fingerprint density at radius 2 is 2.21 bits per heavy atom. The number of benzene rings is 1. The maximum absolute atomic E-state index is 12.6. The van der Waals surface area contributed by atoms with Crippen LogP contribution in [0.25, 0.3) is 5.69 Å². The highest BCUT2D eigenvalue weighted by molar-refractivity contribution is 5.97. The van der Waals surface area contributed by atoms with Crippen LogP contribution in [0.4, 0.5) is 5.69 Å². The van der Waals surface area contributed by atoms with E-state index in [0.717, 1.165) is 24.9 Å². The van der Waals surface area contributed by atoms with Crippen LogP contribution in [0.2, 0.25) is 0 Å². The highest BCUT2D eigenvalue weighted by Crippen LogP contribution is 2.21. The molecule has 1 fully saturated rings. The summed E-state index contributed by atoms with van der Waals surface area (Å²) in [5.41, 5.74) is 1.59. The van der Waals surface area contributed by atoms with Gasteiger partial charge in [-0.05, 0) is 43.5 Å². The normalized spacial score (nSPS) is 17.0. The number of amides is 2. The lowest BCUT2D eigenvalue weighted by Crippen LogP contribution is -2.43. The molecule has 1 atom stereocenters. The van der Waals surface area contributed by atoms with Crippen LogP contribution in [-0.2, 0) is 9.59 Å². The Morgan fingerprint density at radius 3 is 2.96 bits per heavy atom. The monoisotopic (exact) mass is 326 g/mol. The van der Waals surface area contributed by atoms with Crippen molar-refractivity contribution in [3.63, 3.8) is 0 Å². The maximum atomic E-state index is 12.6. The van der Waals surface area contributed by atoms with Gasteiger partial charge in [-0.25, -0.2) is 4.68 Å². The first-order valence-electron chi connectivity index (χ1n) is 8.39. The second-order valence-corrected chi connectivity index (χ2v) is 5.99. The molecular weight excluding hydrogens is 304 g/mol. The minimum Gasteiger partial charge on any atom is -0.331 e. The molecule has 1 aromatic carbocycles. The molecule has 1 saturated heterocycles. The van der Waals surface area contributed by atoms with E-state index in [2.05, 4.69) is 10.4 Å². The molecule has 2 amide bonds. The number of carbonyl (C=O) groups excluding carboxylic acids is 2. The smallest absolute Gasteiger partial charge is 0.247 e. The predicted octanol–water partition coefficient (Wildman–Crippen LogP) is 2.60. The summed E-state index contributed by atoms with van der Waals surface area (Å²) in [7, 11) is 0. The van der Waals surface area contributed by atoms with Crippen molar-refractivity contribution in [3.8, 4) is 5.69 Å². The van der Waals surface area contributed by atoms with Crippen molar-refractivity contribution in [3.05, 3.63) is 42.7 Å². The first-order valence-corrected chi connectivity index (χ1v) is 8.39. The van der Waals surface area contributed by atoms with Crippen molar-refractivity contribution < 1.29 is 9.59 Å². The lowest BCUT2D eigenvalue weighted by Gasteiger charge is -2.24. The average Bonchev–Trinajstić information content (AvgIpc) is 3.27. The third-order valence-corrected chi connectivity index (χ3v) is 4.22. The fourth-order valence-corrected chi connectivity index (χ4v) is 3.07. The molecule has 6 nitrogen and oxygen atoms in total. The Hall–Kier alpha value is -2.63. The van der Waals surface area contributed by atoms with Gasteiger partial charge in [-0.3, -0.25) is 9.59 Å². The molecule has 2 aromatic rings. The molecule has 24 heavy (non-hydrogen) atoms. The lowest BCUT2D eigenvalue weighted by atomic mass is 10.2. The van der Waals surface area contributed by atoms with E-state index < -0.39 is 0 Å². The second-order valence-electron chi connectivity index (χ2n) is 5.99. The molecule has 2 heterocycles. The van der Waals surface area contributed by atoms with Crippen molar-refractivity contribution in [1.29, 1.82) is 0 Å². The van der Waals surface area contributed by atoms with Crippen molar-refractivity contribution >= 4 is 17.5 Å². The van der Waals surface area contributed by atoms with Gasteiger partial charge in [-0.2, -0.15) is 5.10 Å². The fraction of sp³-hybridized carbons (Fsp3) is 0.389. The van der Waals surface area contributed by atoms with Crippen LogP contribution >= 0.6 is 0 Å². The van der Waals surface area contributed by atoms with E-state index in [1.54, 1.807) is 15.8 Å². The third-order valence-electron chi connectivity index (χ3n) is 4.22. The molecule has 1 aromatic heterocycles. The number of hydrogen-bond donors (Lipinski definition) is 1. The van der Waals surface area contributed by atoms with E-state index in [0.29, 0.717) is 18.7 Å². The number of nitrogens with one attached hydrogen (secondary N) is 1. The van der Waals surface area contributed by atoms with Gasteiger partial charge in [0.15, 0.2) is 0 Å². The molecule has 1 aliphatic rings. The molecule has 1 N–H and O–H groups in total. The maximum Gasteiger partial charge on any atom is 0.247 e. The van der Waals surface area contributed by atoms with E-state index in [1.165, 1.54) is 0 Å². The molecule has 1 aliphatic heterocycles. The first kappa shape index (κ1) is 16.2. The summed E-state index contributed by atoms with van der Waals surface area (Å²) in [5.74, 6) is -0.0463. The van der Waals surface area contributed by atoms with E-state index in [-0.39, 0.29) is 17.9 Å². The minimum atomic E-state index is -0.364. The summed E-state index contributed by atoms with van der Waals surface area (Å²) in [5, 5.41) is 7.13. The Balaban J connectivity index is 1.70. The highest BCUT2D eigenvalue weighted by Gasteiger charge is 2.33. The van der Waals surface area contributed by atoms with Crippen LogP contribution in [0.3, 0.4) is 0 Å². The molecule has 0 bridgehead atoms. The van der Waals surface area contributed by atoms with Gasteiger partial charge < -0.3 is 10.2 Å². The van der Waals surface area contributed by atoms with E-state index >= 15 is 0 Å². The van der Waals surface area contributed by atoms with E-state index in [9.17, 15) is 9.59 Å². The Labute approximate surface area is 141 Å². The largest absolute Gasteiger partial charge is 0.331 e. The lowest BCUT2D eigenvalue weighted by molar-refractivity contribution is -0.136. The molecule has 0 spiro atoms. The van der Waals surface area contributed by atoms with Crippen molar-refractivity contribution in [2.75, 3.05) is 11.9 Å². The molecule has 0 aliphatic carbocycles. The zero-order valence-corrected chi connectivity index (χ0v) is 13.8. The molecule has 6 heteroatoms. The number of hydrogen-bond acceptors (Lipinski definition) is 3. The molecule has 126 valence electrons. The summed E-state index contributed by atoms with van der Waals surface area (Å²) in [4.78, 5) is 26.5. The fourth-order valence-electron chi connectivity index (χ4n) is 3.07. The quantitative estimate of drug-likeness (QED) is 0.918. The number of likely N-dealkylation sites (tertiary alicyclic amines) is 1. The van der Waals surface area contributed by atoms with E-state index in [1.807, 2.05) is 43.5 Å². The minimum absolute atomic E-state index is 0.0699. The van der Waals surface area contributed by atoms with Gasteiger partial charge in [0.1, 0.15) is 6.04 Å². The number of anilines is 1. The molecule has 0 saturated carbocycles. The summed E-state index contributed by atoms with van der Waals surface area (Å²) in [6.45, 7) is 2.65.